The second-order valence-corrected chi connectivity index (χ2v) is 5.08. The van der Waals surface area contributed by atoms with E-state index in [2.05, 4.69) is 10.3 Å². The Hall–Kier alpha value is -2.95. The molecule has 0 saturated carbocycles. The number of hydrogen-bond acceptors (Lipinski definition) is 7. The van der Waals surface area contributed by atoms with Crippen LogP contribution in [0.3, 0.4) is 0 Å². The van der Waals surface area contributed by atoms with Crippen LogP contribution in [0.25, 0.3) is 0 Å². The number of nitrogens with one attached hydrogen (secondary N) is 1. The van der Waals surface area contributed by atoms with Gasteiger partial charge in [0.25, 0.3) is 0 Å². The van der Waals surface area contributed by atoms with Crippen LogP contribution in [-0.2, 0) is 24.5 Å². The number of nitriles is 1. The molecule has 1 aromatic heterocycles. The van der Waals surface area contributed by atoms with Crippen LogP contribution in [0.15, 0.2) is 18.5 Å². The number of carbonyl (C=O) groups is 3. The molecule has 8 nitrogen and oxygen atoms in total. The van der Waals surface area contributed by atoms with Crippen molar-refractivity contribution in [1.29, 1.82) is 5.26 Å². The summed E-state index contributed by atoms with van der Waals surface area (Å²) in [6.45, 7) is 3.16. The maximum atomic E-state index is 12.5. The topological polar surface area (TPSA) is 118 Å². The number of hydrogen-bond donors (Lipinski definition) is 1. The molecule has 1 heterocycles. The Morgan fingerprint density at radius 1 is 1.42 bits per heavy atom. The first kappa shape index (κ1) is 19.1. The molecule has 0 spiro atoms. The fraction of sp³-hybridized carbons (Fsp3) is 0.438. The van der Waals surface area contributed by atoms with E-state index in [1.807, 2.05) is 0 Å². The molecule has 1 amide bonds. The molecule has 0 aromatic carbocycles. The van der Waals surface area contributed by atoms with E-state index in [1.165, 1.54) is 32.5 Å². The molecule has 0 aliphatic heterocycles. The van der Waals surface area contributed by atoms with E-state index in [4.69, 9.17) is 14.7 Å². The zero-order valence-corrected chi connectivity index (χ0v) is 13.8. The van der Waals surface area contributed by atoms with Gasteiger partial charge in [0.05, 0.1) is 25.3 Å². The van der Waals surface area contributed by atoms with E-state index < -0.39 is 23.3 Å². The number of pyridine rings is 1. The zero-order valence-electron chi connectivity index (χ0n) is 13.8. The summed E-state index contributed by atoms with van der Waals surface area (Å²) in [5.74, 6) is -1.79. The molecule has 1 N–H and O–H groups in total. The monoisotopic (exact) mass is 333 g/mol. The Bertz CT molecular complexity index is 668. The Labute approximate surface area is 139 Å². The molecule has 0 radical (unpaired) electrons. The van der Waals surface area contributed by atoms with Crippen molar-refractivity contribution in [3.05, 3.63) is 29.6 Å². The molecule has 0 aliphatic carbocycles. The Morgan fingerprint density at radius 3 is 2.71 bits per heavy atom. The lowest BCUT2D eigenvalue weighted by molar-refractivity contribution is -0.149. The number of rotatable bonds is 7. The summed E-state index contributed by atoms with van der Waals surface area (Å²) in [7, 11) is 1.23. The number of ether oxygens (including phenoxy) is 2. The van der Waals surface area contributed by atoms with E-state index in [0.29, 0.717) is 0 Å². The van der Waals surface area contributed by atoms with Gasteiger partial charge in [-0.25, -0.2) is 4.79 Å². The second-order valence-electron chi connectivity index (χ2n) is 5.08. The SMILES string of the molecule is CCOC(=O)C(C)(CNC(=O)CC#N)c1cnccc1C(=O)OC. The van der Waals surface area contributed by atoms with Crippen molar-refractivity contribution in [3.63, 3.8) is 0 Å². The van der Waals surface area contributed by atoms with Gasteiger partial charge >= 0.3 is 11.9 Å². The molecular formula is C16H19N3O5. The lowest BCUT2D eigenvalue weighted by atomic mass is 9.80. The number of amides is 1. The Morgan fingerprint density at radius 2 is 2.12 bits per heavy atom. The third kappa shape index (κ3) is 4.29. The summed E-state index contributed by atoms with van der Waals surface area (Å²) in [5.41, 5.74) is -0.941. The molecule has 1 unspecified atom stereocenters. The summed E-state index contributed by atoms with van der Waals surface area (Å²) in [4.78, 5) is 40.0. The molecule has 1 aromatic rings. The van der Waals surface area contributed by atoms with Gasteiger partial charge in [-0.3, -0.25) is 14.6 Å². The van der Waals surface area contributed by atoms with Gasteiger partial charge < -0.3 is 14.8 Å². The van der Waals surface area contributed by atoms with E-state index in [9.17, 15) is 14.4 Å². The lowest BCUT2D eigenvalue weighted by Crippen LogP contribution is -2.46. The summed E-state index contributed by atoms with van der Waals surface area (Å²) in [6, 6.07) is 3.15. The predicted molar refractivity (Wildman–Crippen MR) is 82.8 cm³/mol. The standard InChI is InChI=1S/C16H19N3O5/c1-4-24-15(22)16(2,10-19-13(20)5-7-17)12-9-18-8-6-11(12)14(21)23-3/h6,8-9H,4-5,10H2,1-3H3,(H,19,20). The molecule has 0 aliphatic rings. The van der Waals surface area contributed by atoms with Gasteiger partial charge in [0, 0.05) is 24.5 Å². The molecule has 8 heteroatoms. The van der Waals surface area contributed by atoms with Crippen molar-refractivity contribution in [2.75, 3.05) is 20.3 Å². The van der Waals surface area contributed by atoms with Crippen LogP contribution in [0.2, 0.25) is 0 Å². The normalized spacial score (nSPS) is 12.4. The highest BCUT2D eigenvalue weighted by molar-refractivity contribution is 5.95. The van der Waals surface area contributed by atoms with Crippen LogP contribution in [0.1, 0.15) is 36.2 Å². The first-order chi connectivity index (χ1) is 11.4. The number of methoxy groups -OCH3 is 1. The van der Waals surface area contributed by atoms with E-state index >= 15 is 0 Å². The highest BCUT2D eigenvalue weighted by Gasteiger charge is 2.40. The molecule has 128 valence electrons. The Balaban J connectivity index is 3.29. The van der Waals surface area contributed by atoms with Crippen LogP contribution < -0.4 is 5.32 Å². The largest absolute Gasteiger partial charge is 0.465 e. The van der Waals surface area contributed by atoms with Crippen molar-refractivity contribution in [2.45, 2.75) is 25.7 Å². The van der Waals surface area contributed by atoms with Crippen molar-refractivity contribution in [3.8, 4) is 6.07 Å². The van der Waals surface area contributed by atoms with Gasteiger partial charge in [-0.1, -0.05) is 0 Å². The molecule has 0 fully saturated rings. The lowest BCUT2D eigenvalue weighted by Gasteiger charge is -2.29. The summed E-state index contributed by atoms with van der Waals surface area (Å²) in [6.07, 6.45) is 2.42. The number of aromatic nitrogens is 1. The average Bonchev–Trinajstić information content (AvgIpc) is 2.59. The maximum absolute atomic E-state index is 12.5. The van der Waals surface area contributed by atoms with Gasteiger partial charge in [0.15, 0.2) is 0 Å². The molecule has 0 bridgehead atoms. The van der Waals surface area contributed by atoms with E-state index in [1.54, 1.807) is 13.0 Å². The number of carbonyl (C=O) groups excluding carboxylic acids is 3. The number of nitrogens with zero attached hydrogens (tertiary/aromatic N) is 2. The van der Waals surface area contributed by atoms with Gasteiger partial charge in [-0.15, -0.1) is 0 Å². The third-order valence-corrected chi connectivity index (χ3v) is 3.43. The van der Waals surface area contributed by atoms with Crippen molar-refractivity contribution < 1.29 is 23.9 Å². The molecule has 24 heavy (non-hydrogen) atoms. The first-order valence-electron chi connectivity index (χ1n) is 7.24. The van der Waals surface area contributed by atoms with Crippen LogP contribution >= 0.6 is 0 Å². The zero-order chi connectivity index (χ0) is 18.2. The highest BCUT2D eigenvalue weighted by atomic mass is 16.5. The van der Waals surface area contributed by atoms with Crippen LogP contribution in [-0.4, -0.2) is 43.1 Å². The fourth-order valence-electron chi connectivity index (χ4n) is 2.10. The van der Waals surface area contributed by atoms with Crippen LogP contribution in [0.4, 0.5) is 0 Å². The predicted octanol–water partition coefficient (Wildman–Crippen LogP) is 0.719. The van der Waals surface area contributed by atoms with Gasteiger partial charge in [-0.05, 0) is 19.9 Å². The Kier molecular flexibility index (Phi) is 6.86. The average molecular weight is 333 g/mol. The molecule has 1 atom stereocenters. The van der Waals surface area contributed by atoms with Gasteiger partial charge in [0.2, 0.25) is 5.91 Å². The van der Waals surface area contributed by atoms with Crippen molar-refractivity contribution in [1.82, 2.24) is 10.3 Å². The molecule has 1 rings (SSSR count). The smallest absolute Gasteiger partial charge is 0.338 e. The number of esters is 2. The maximum Gasteiger partial charge on any atom is 0.338 e. The first-order valence-corrected chi connectivity index (χ1v) is 7.24. The van der Waals surface area contributed by atoms with E-state index in [0.717, 1.165) is 0 Å². The highest BCUT2D eigenvalue weighted by Crippen LogP contribution is 2.28. The van der Waals surface area contributed by atoms with Gasteiger partial charge in [0.1, 0.15) is 11.8 Å². The molecule has 0 saturated heterocycles. The minimum absolute atomic E-state index is 0.133. The summed E-state index contributed by atoms with van der Waals surface area (Å²) < 4.78 is 9.81. The van der Waals surface area contributed by atoms with Crippen LogP contribution in [0, 0.1) is 11.3 Å². The quantitative estimate of drug-likeness (QED) is 0.730. The van der Waals surface area contributed by atoms with Crippen molar-refractivity contribution in [2.24, 2.45) is 0 Å². The van der Waals surface area contributed by atoms with Gasteiger partial charge in [-0.2, -0.15) is 5.26 Å². The summed E-state index contributed by atoms with van der Waals surface area (Å²) in [5, 5.41) is 11.1. The van der Waals surface area contributed by atoms with E-state index in [-0.39, 0.29) is 30.7 Å². The van der Waals surface area contributed by atoms with Crippen molar-refractivity contribution >= 4 is 17.8 Å². The van der Waals surface area contributed by atoms with Crippen LogP contribution in [0.5, 0.6) is 0 Å². The fourth-order valence-corrected chi connectivity index (χ4v) is 2.10. The minimum atomic E-state index is -1.36. The second kappa shape index (κ2) is 8.62. The third-order valence-electron chi connectivity index (χ3n) is 3.43. The summed E-state index contributed by atoms with van der Waals surface area (Å²) >= 11 is 0. The molecular weight excluding hydrogens is 314 g/mol. The minimum Gasteiger partial charge on any atom is -0.465 e.